The molecular weight excluding hydrogens is 296 g/mol. The summed E-state index contributed by atoms with van der Waals surface area (Å²) in [5.41, 5.74) is 8.46. The van der Waals surface area contributed by atoms with Gasteiger partial charge in [-0.1, -0.05) is 49.6 Å². The molecule has 1 amide bonds. The highest BCUT2D eigenvalue weighted by Crippen LogP contribution is 2.31. The van der Waals surface area contributed by atoms with E-state index in [1.54, 1.807) is 0 Å². The van der Waals surface area contributed by atoms with Crippen LogP contribution >= 0.6 is 12.4 Å². The zero-order valence-electron chi connectivity index (χ0n) is 13.9. The molecule has 0 bridgehead atoms. The van der Waals surface area contributed by atoms with Gasteiger partial charge in [0.05, 0.1) is 12.0 Å². The molecule has 22 heavy (non-hydrogen) atoms. The fourth-order valence-electron chi connectivity index (χ4n) is 3.08. The van der Waals surface area contributed by atoms with Crippen molar-refractivity contribution >= 4 is 18.3 Å². The average molecular weight is 325 g/mol. The van der Waals surface area contributed by atoms with E-state index in [0.29, 0.717) is 0 Å². The van der Waals surface area contributed by atoms with Crippen LogP contribution in [0.1, 0.15) is 56.7 Å². The summed E-state index contributed by atoms with van der Waals surface area (Å²) in [7, 11) is 0. The summed E-state index contributed by atoms with van der Waals surface area (Å²) in [6, 6.07) is 8.68. The molecule has 0 aromatic heterocycles. The molecule has 1 saturated heterocycles. The van der Waals surface area contributed by atoms with Gasteiger partial charge in [-0.25, -0.2) is 0 Å². The third-order valence-electron chi connectivity index (χ3n) is 4.64. The predicted molar refractivity (Wildman–Crippen MR) is 94.2 cm³/mol. The molecule has 1 heterocycles. The SMILES string of the molecule is Cc1cccc(C2CCCCCN2C(=O)C(C)C(C)N)c1.Cl. The molecule has 1 aromatic rings. The summed E-state index contributed by atoms with van der Waals surface area (Å²) < 4.78 is 0. The van der Waals surface area contributed by atoms with Crippen molar-refractivity contribution in [3.63, 3.8) is 0 Å². The lowest BCUT2D eigenvalue weighted by Crippen LogP contribution is -2.43. The number of carbonyl (C=O) groups is 1. The van der Waals surface area contributed by atoms with Crippen molar-refractivity contribution in [3.8, 4) is 0 Å². The number of amides is 1. The number of halogens is 1. The van der Waals surface area contributed by atoms with Crippen LogP contribution < -0.4 is 5.73 Å². The van der Waals surface area contributed by atoms with Gasteiger partial charge < -0.3 is 10.6 Å². The first-order chi connectivity index (χ1) is 10.0. The van der Waals surface area contributed by atoms with Crippen molar-refractivity contribution in [2.45, 2.75) is 58.5 Å². The number of nitrogens with zero attached hydrogens (tertiary/aromatic N) is 1. The molecule has 1 aliphatic heterocycles. The Bertz CT molecular complexity index is 490. The van der Waals surface area contributed by atoms with E-state index in [-0.39, 0.29) is 36.3 Å². The van der Waals surface area contributed by atoms with Crippen LogP contribution in [0.3, 0.4) is 0 Å². The normalized spacial score (nSPS) is 21.5. The molecule has 1 aromatic carbocycles. The second-order valence-corrected chi connectivity index (χ2v) is 6.46. The van der Waals surface area contributed by atoms with Crippen LogP contribution in [0.25, 0.3) is 0 Å². The number of rotatable bonds is 3. The van der Waals surface area contributed by atoms with Crippen molar-refractivity contribution in [1.29, 1.82) is 0 Å². The Morgan fingerprint density at radius 3 is 2.64 bits per heavy atom. The topological polar surface area (TPSA) is 46.3 Å². The van der Waals surface area contributed by atoms with E-state index in [0.717, 1.165) is 19.4 Å². The van der Waals surface area contributed by atoms with Gasteiger partial charge in [-0.05, 0) is 32.3 Å². The van der Waals surface area contributed by atoms with Crippen LogP contribution in [0, 0.1) is 12.8 Å². The van der Waals surface area contributed by atoms with E-state index < -0.39 is 0 Å². The second-order valence-electron chi connectivity index (χ2n) is 6.46. The number of aryl methyl sites for hydroxylation is 1. The minimum Gasteiger partial charge on any atom is -0.335 e. The molecule has 3 nitrogen and oxygen atoms in total. The highest BCUT2D eigenvalue weighted by Gasteiger charge is 2.30. The minimum absolute atomic E-state index is 0. The third-order valence-corrected chi connectivity index (χ3v) is 4.64. The standard InChI is InChI=1S/C18H28N2O.ClH/c1-13-8-7-9-16(12-13)17-10-5-4-6-11-20(17)18(21)14(2)15(3)19;/h7-9,12,14-15,17H,4-6,10-11,19H2,1-3H3;1H. The van der Waals surface area contributed by atoms with E-state index in [9.17, 15) is 4.79 Å². The van der Waals surface area contributed by atoms with Gasteiger partial charge >= 0.3 is 0 Å². The maximum absolute atomic E-state index is 12.8. The lowest BCUT2D eigenvalue weighted by Gasteiger charge is -2.33. The number of carbonyl (C=O) groups excluding carboxylic acids is 1. The maximum atomic E-state index is 12.8. The molecule has 2 N–H and O–H groups in total. The molecule has 1 fully saturated rings. The van der Waals surface area contributed by atoms with Crippen molar-refractivity contribution in [2.75, 3.05) is 6.54 Å². The van der Waals surface area contributed by atoms with Gasteiger partial charge in [-0.2, -0.15) is 0 Å². The summed E-state index contributed by atoms with van der Waals surface area (Å²) >= 11 is 0. The molecule has 0 saturated carbocycles. The summed E-state index contributed by atoms with van der Waals surface area (Å²) in [6.07, 6.45) is 4.55. The number of hydrogen-bond acceptors (Lipinski definition) is 2. The fraction of sp³-hybridized carbons (Fsp3) is 0.611. The van der Waals surface area contributed by atoms with E-state index in [1.807, 2.05) is 13.8 Å². The van der Waals surface area contributed by atoms with Crippen molar-refractivity contribution in [1.82, 2.24) is 4.90 Å². The highest BCUT2D eigenvalue weighted by molar-refractivity contribution is 5.85. The van der Waals surface area contributed by atoms with E-state index in [2.05, 4.69) is 36.1 Å². The first-order valence-electron chi connectivity index (χ1n) is 8.13. The molecule has 0 spiro atoms. The van der Waals surface area contributed by atoms with Crippen molar-refractivity contribution < 1.29 is 4.79 Å². The zero-order valence-corrected chi connectivity index (χ0v) is 14.7. The van der Waals surface area contributed by atoms with Crippen LogP contribution in [-0.4, -0.2) is 23.4 Å². The van der Waals surface area contributed by atoms with Crippen LogP contribution in [-0.2, 0) is 4.79 Å². The van der Waals surface area contributed by atoms with Crippen LogP contribution in [0.15, 0.2) is 24.3 Å². The third kappa shape index (κ3) is 4.47. The number of likely N-dealkylation sites (tertiary alicyclic amines) is 1. The van der Waals surface area contributed by atoms with Gasteiger partial charge in [-0.15, -0.1) is 12.4 Å². The summed E-state index contributed by atoms with van der Waals surface area (Å²) in [6.45, 7) is 6.83. The number of hydrogen-bond donors (Lipinski definition) is 1. The Morgan fingerprint density at radius 2 is 2.00 bits per heavy atom. The summed E-state index contributed by atoms with van der Waals surface area (Å²) in [5, 5.41) is 0. The molecule has 0 aliphatic carbocycles. The Labute approximate surface area is 140 Å². The molecule has 1 aliphatic rings. The monoisotopic (exact) mass is 324 g/mol. The van der Waals surface area contributed by atoms with Crippen LogP contribution in [0.2, 0.25) is 0 Å². The van der Waals surface area contributed by atoms with Crippen molar-refractivity contribution in [2.24, 2.45) is 11.7 Å². The first kappa shape index (κ1) is 19.0. The summed E-state index contributed by atoms with van der Waals surface area (Å²) in [5.74, 6) is 0.0915. The molecule has 3 unspecified atom stereocenters. The molecule has 0 radical (unpaired) electrons. The Hall–Kier alpha value is -1.06. The Morgan fingerprint density at radius 1 is 1.27 bits per heavy atom. The van der Waals surface area contributed by atoms with Gasteiger partial charge in [0.25, 0.3) is 0 Å². The second kappa shape index (κ2) is 8.54. The first-order valence-corrected chi connectivity index (χ1v) is 8.13. The smallest absolute Gasteiger partial charge is 0.227 e. The molecule has 2 rings (SSSR count). The number of benzene rings is 1. The quantitative estimate of drug-likeness (QED) is 0.918. The van der Waals surface area contributed by atoms with Gasteiger partial charge in [-0.3, -0.25) is 4.79 Å². The minimum atomic E-state index is -0.115. The van der Waals surface area contributed by atoms with Crippen molar-refractivity contribution in [3.05, 3.63) is 35.4 Å². The largest absolute Gasteiger partial charge is 0.335 e. The summed E-state index contributed by atoms with van der Waals surface area (Å²) in [4.78, 5) is 14.9. The molecule has 3 atom stereocenters. The molecular formula is C18H29ClN2O. The van der Waals surface area contributed by atoms with Gasteiger partial charge in [0.15, 0.2) is 0 Å². The van der Waals surface area contributed by atoms with Crippen LogP contribution in [0.4, 0.5) is 0 Å². The Kier molecular flexibility index (Phi) is 7.37. The van der Waals surface area contributed by atoms with Gasteiger partial charge in [0.1, 0.15) is 0 Å². The number of nitrogens with two attached hydrogens (primary N) is 1. The zero-order chi connectivity index (χ0) is 15.4. The average Bonchev–Trinajstić information content (AvgIpc) is 2.71. The lowest BCUT2D eigenvalue weighted by molar-refractivity contribution is -0.138. The molecule has 124 valence electrons. The van der Waals surface area contributed by atoms with E-state index in [1.165, 1.54) is 24.0 Å². The predicted octanol–water partition coefficient (Wildman–Crippen LogP) is 3.84. The maximum Gasteiger partial charge on any atom is 0.227 e. The lowest BCUT2D eigenvalue weighted by atomic mass is 9.96. The van der Waals surface area contributed by atoms with Gasteiger partial charge in [0.2, 0.25) is 5.91 Å². The molecule has 4 heteroatoms. The van der Waals surface area contributed by atoms with E-state index in [4.69, 9.17) is 5.73 Å². The van der Waals surface area contributed by atoms with E-state index >= 15 is 0 Å². The van der Waals surface area contributed by atoms with Gasteiger partial charge in [0, 0.05) is 12.6 Å². The Balaban J connectivity index is 0.00000242. The van der Waals surface area contributed by atoms with Crippen LogP contribution in [0.5, 0.6) is 0 Å². The fourth-order valence-corrected chi connectivity index (χ4v) is 3.08. The highest BCUT2D eigenvalue weighted by atomic mass is 35.5.